The summed E-state index contributed by atoms with van der Waals surface area (Å²) < 4.78 is 1.45. The molecular formula is C20H24N6O. The fourth-order valence-corrected chi connectivity index (χ4v) is 4.43. The van der Waals surface area contributed by atoms with Crippen LogP contribution in [0, 0.1) is 16.7 Å². The number of aromatic nitrogens is 3. The standard InChI is InChI=1S/C20H24N6O/c21-11-18-22-16-26(23-18)13-19(27)25-10-8-20(15-25)7-4-9-24(14-20)12-17-5-2-1-3-6-17/h1-3,5-6,16H,4,7-10,12-15H2. The van der Waals surface area contributed by atoms with E-state index in [1.165, 1.54) is 29.4 Å². The number of amides is 1. The zero-order chi connectivity index (χ0) is 18.7. The molecule has 7 nitrogen and oxygen atoms in total. The first-order chi connectivity index (χ1) is 13.2. The first kappa shape index (κ1) is 17.7. The summed E-state index contributed by atoms with van der Waals surface area (Å²) in [5.41, 5.74) is 1.56. The zero-order valence-electron chi connectivity index (χ0n) is 15.4. The van der Waals surface area contributed by atoms with Crippen molar-refractivity contribution in [1.29, 1.82) is 5.26 Å². The van der Waals surface area contributed by atoms with Gasteiger partial charge in [-0.3, -0.25) is 9.69 Å². The lowest BCUT2D eigenvalue weighted by molar-refractivity contribution is -0.131. The molecule has 3 heterocycles. The molecule has 1 atom stereocenters. The van der Waals surface area contributed by atoms with Crippen LogP contribution in [-0.4, -0.2) is 56.7 Å². The van der Waals surface area contributed by atoms with E-state index in [-0.39, 0.29) is 23.7 Å². The highest BCUT2D eigenvalue weighted by Gasteiger charge is 2.42. The highest BCUT2D eigenvalue weighted by Crippen LogP contribution is 2.39. The molecule has 2 aromatic rings. The third-order valence-electron chi connectivity index (χ3n) is 5.71. The Balaban J connectivity index is 1.36. The van der Waals surface area contributed by atoms with Crippen LogP contribution in [0.15, 0.2) is 36.7 Å². The molecule has 1 aromatic carbocycles. The molecule has 1 aromatic heterocycles. The minimum atomic E-state index is 0.0569. The lowest BCUT2D eigenvalue weighted by atomic mass is 9.79. The Kier molecular flexibility index (Phi) is 4.90. The maximum absolute atomic E-state index is 12.7. The van der Waals surface area contributed by atoms with E-state index in [9.17, 15) is 4.79 Å². The van der Waals surface area contributed by atoms with Crippen molar-refractivity contribution in [2.24, 2.45) is 5.41 Å². The SMILES string of the molecule is N#Cc1ncn(CC(=O)N2CCC3(CCCN(Cc4ccccc4)C3)C2)n1. The quantitative estimate of drug-likeness (QED) is 0.825. The number of piperidine rings is 1. The Morgan fingerprint density at radius 3 is 2.81 bits per heavy atom. The third kappa shape index (κ3) is 4.01. The van der Waals surface area contributed by atoms with E-state index in [1.54, 1.807) is 0 Å². The monoisotopic (exact) mass is 364 g/mol. The summed E-state index contributed by atoms with van der Waals surface area (Å²) in [4.78, 5) is 21.0. The molecule has 27 heavy (non-hydrogen) atoms. The van der Waals surface area contributed by atoms with Crippen LogP contribution < -0.4 is 0 Å². The second-order valence-corrected chi connectivity index (χ2v) is 7.74. The second kappa shape index (κ2) is 7.49. The van der Waals surface area contributed by atoms with E-state index in [0.29, 0.717) is 0 Å². The van der Waals surface area contributed by atoms with Gasteiger partial charge in [-0.15, -0.1) is 5.10 Å². The van der Waals surface area contributed by atoms with Crippen LogP contribution in [0.2, 0.25) is 0 Å². The molecule has 0 radical (unpaired) electrons. The van der Waals surface area contributed by atoms with Crippen LogP contribution in [0.5, 0.6) is 0 Å². The summed E-state index contributed by atoms with van der Waals surface area (Å²) in [6.45, 7) is 4.92. The highest BCUT2D eigenvalue weighted by molar-refractivity contribution is 5.76. The molecule has 4 rings (SSSR count). The van der Waals surface area contributed by atoms with E-state index in [2.05, 4.69) is 45.3 Å². The average molecular weight is 364 g/mol. The van der Waals surface area contributed by atoms with E-state index >= 15 is 0 Å². The maximum Gasteiger partial charge on any atom is 0.252 e. The van der Waals surface area contributed by atoms with Crippen molar-refractivity contribution in [2.45, 2.75) is 32.4 Å². The van der Waals surface area contributed by atoms with Crippen LogP contribution in [0.25, 0.3) is 0 Å². The lowest BCUT2D eigenvalue weighted by Crippen LogP contribution is -2.45. The predicted molar refractivity (Wildman–Crippen MR) is 99.3 cm³/mol. The van der Waals surface area contributed by atoms with E-state index < -0.39 is 0 Å². The number of benzene rings is 1. The summed E-state index contributed by atoms with van der Waals surface area (Å²) >= 11 is 0. The minimum Gasteiger partial charge on any atom is -0.340 e. The van der Waals surface area contributed by atoms with Gasteiger partial charge in [0.05, 0.1) is 0 Å². The van der Waals surface area contributed by atoms with Crippen molar-refractivity contribution < 1.29 is 4.79 Å². The number of carbonyl (C=O) groups is 1. The molecule has 140 valence electrons. The molecule has 2 aliphatic heterocycles. The molecule has 0 saturated carbocycles. The minimum absolute atomic E-state index is 0.0569. The van der Waals surface area contributed by atoms with Gasteiger partial charge in [-0.1, -0.05) is 30.3 Å². The summed E-state index contributed by atoms with van der Waals surface area (Å²) in [6, 6.07) is 12.5. The second-order valence-electron chi connectivity index (χ2n) is 7.74. The fraction of sp³-hybridized carbons (Fsp3) is 0.500. The smallest absolute Gasteiger partial charge is 0.252 e. The third-order valence-corrected chi connectivity index (χ3v) is 5.71. The molecule has 2 aliphatic rings. The molecule has 2 saturated heterocycles. The topological polar surface area (TPSA) is 78.0 Å². The van der Waals surface area contributed by atoms with E-state index in [0.717, 1.165) is 39.1 Å². The zero-order valence-corrected chi connectivity index (χ0v) is 15.4. The first-order valence-corrected chi connectivity index (χ1v) is 9.49. The van der Waals surface area contributed by atoms with Gasteiger partial charge in [0.1, 0.15) is 18.9 Å². The summed E-state index contributed by atoms with van der Waals surface area (Å²) in [6.07, 6.45) is 4.88. The van der Waals surface area contributed by atoms with Gasteiger partial charge in [0.2, 0.25) is 5.91 Å². The highest BCUT2D eigenvalue weighted by atomic mass is 16.2. The average Bonchev–Trinajstić information content (AvgIpc) is 3.30. The van der Waals surface area contributed by atoms with Gasteiger partial charge in [0.15, 0.2) is 0 Å². The van der Waals surface area contributed by atoms with Gasteiger partial charge in [-0.25, -0.2) is 9.67 Å². The Morgan fingerprint density at radius 2 is 2.04 bits per heavy atom. The van der Waals surface area contributed by atoms with Crippen LogP contribution in [-0.2, 0) is 17.9 Å². The number of carbonyl (C=O) groups excluding carboxylic acids is 1. The van der Waals surface area contributed by atoms with E-state index in [1.807, 2.05) is 11.0 Å². The van der Waals surface area contributed by atoms with Gasteiger partial charge in [-0.05, 0) is 31.4 Å². The number of nitriles is 1. The summed E-state index contributed by atoms with van der Waals surface area (Å²) in [5, 5.41) is 12.8. The van der Waals surface area contributed by atoms with Crippen LogP contribution in [0.4, 0.5) is 0 Å². The normalized spacial score (nSPS) is 22.9. The molecule has 7 heteroatoms. The molecule has 2 fully saturated rings. The lowest BCUT2D eigenvalue weighted by Gasteiger charge is -2.40. The Hall–Kier alpha value is -2.72. The Bertz CT molecular complexity index is 842. The number of nitrogens with zero attached hydrogens (tertiary/aromatic N) is 6. The van der Waals surface area contributed by atoms with Crippen molar-refractivity contribution in [3.8, 4) is 6.07 Å². The molecule has 1 spiro atoms. The summed E-state index contributed by atoms with van der Waals surface area (Å²) in [5.74, 6) is 0.158. The van der Waals surface area contributed by atoms with E-state index in [4.69, 9.17) is 5.26 Å². The van der Waals surface area contributed by atoms with Gasteiger partial charge in [0.25, 0.3) is 5.82 Å². The number of hydrogen-bond acceptors (Lipinski definition) is 5. The van der Waals surface area contributed by atoms with Crippen molar-refractivity contribution >= 4 is 5.91 Å². The van der Waals surface area contributed by atoms with Gasteiger partial charge in [0, 0.05) is 31.6 Å². The molecular weight excluding hydrogens is 340 g/mol. The molecule has 0 aliphatic carbocycles. The van der Waals surface area contributed by atoms with Crippen LogP contribution >= 0.6 is 0 Å². The summed E-state index contributed by atoms with van der Waals surface area (Å²) in [7, 11) is 0. The number of hydrogen-bond donors (Lipinski definition) is 0. The fourth-order valence-electron chi connectivity index (χ4n) is 4.43. The largest absolute Gasteiger partial charge is 0.340 e. The van der Waals surface area contributed by atoms with Gasteiger partial charge < -0.3 is 4.90 Å². The van der Waals surface area contributed by atoms with Crippen molar-refractivity contribution in [3.05, 3.63) is 48.0 Å². The van der Waals surface area contributed by atoms with Gasteiger partial charge in [-0.2, -0.15) is 5.26 Å². The molecule has 0 bridgehead atoms. The predicted octanol–water partition coefficient (Wildman–Crippen LogP) is 1.66. The number of likely N-dealkylation sites (tertiary alicyclic amines) is 2. The maximum atomic E-state index is 12.7. The van der Waals surface area contributed by atoms with Crippen molar-refractivity contribution in [2.75, 3.05) is 26.2 Å². The molecule has 1 unspecified atom stereocenters. The van der Waals surface area contributed by atoms with Gasteiger partial charge >= 0.3 is 0 Å². The Morgan fingerprint density at radius 1 is 1.19 bits per heavy atom. The van der Waals surface area contributed by atoms with Crippen molar-refractivity contribution in [1.82, 2.24) is 24.6 Å². The first-order valence-electron chi connectivity index (χ1n) is 9.49. The Labute approximate surface area is 159 Å². The molecule has 0 N–H and O–H groups in total. The van der Waals surface area contributed by atoms with Crippen molar-refractivity contribution in [3.63, 3.8) is 0 Å². The van der Waals surface area contributed by atoms with Crippen LogP contribution in [0.1, 0.15) is 30.7 Å². The molecule has 1 amide bonds. The number of rotatable bonds is 4. The van der Waals surface area contributed by atoms with Crippen LogP contribution in [0.3, 0.4) is 0 Å².